The van der Waals surface area contributed by atoms with E-state index in [4.69, 9.17) is 21.1 Å². The van der Waals surface area contributed by atoms with E-state index in [1.807, 2.05) is 36.4 Å². The molecule has 2 aliphatic rings. The highest BCUT2D eigenvalue weighted by atomic mass is 35.5. The van der Waals surface area contributed by atoms with E-state index in [2.05, 4.69) is 17.4 Å². The first kappa shape index (κ1) is 19.8. The number of nitrogens with one attached hydrogen (secondary N) is 1. The summed E-state index contributed by atoms with van der Waals surface area (Å²) in [6.45, 7) is 0.605. The number of carbonyl (C=O) groups is 1. The largest absolute Gasteiger partial charge is 0.493 e. The van der Waals surface area contributed by atoms with Crippen LogP contribution < -0.4 is 14.8 Å². The fraction of sp³-hybridized carbons (Fsp3) is 0.375. The molecular formula is C24H26ClNO3. The van der Waals surface area contributed by atoms with Crippen molar-refractivity contribution >= 4 is 23.6 Å². The van der Waals surface area contributed by atoms with Gasteiger partial charge in [-0.25, -0.2) is 0 Å². The van der Waals surface area contributed by atoms with Crippen molar-refractivity contribution in [3.8, 4) is 11.5 Å². The molecule has 29 heavy (non-hydrogen) atoms. The number of amides is 1. The summed E-state index contributed by atoms with van der Waals surface area (Å²) in [5.41, 5.74) is 2.74. The minimum absolute atomic E-state index is 0.0305. The number of hydrogen-bond acceptors (Lipinski definition) is 3. The lowest BCUT2D eigenvalue weighted by Crippen LogP contribution is -2.35. The van der Waals surface area contributed by atoms with Crippen molar-refractivity contribution in [1.29, 1.82) is 0 Å². The molecule has 0 bridgehead atoms. The van der Waals surface area contributed by atoms with Crippen molar-refractivity contribution in [2.75, 3.05) is 13.7 Å². The van der Waals surface area contributed by atoms with E-state index < -0.39 is 0 Å². The third kappa shape index (κ3) is 4.59. The van der Waals surface area contributed by atoms with E-state index in [9.17, 15) is 4.79 Å². The third-order valence-electron chi connectivity index (χ3n) is 5.76. The first-order chi connectivity index (χ1) is 14.1. The van der Waals surface area contributed by atoms with E-state index in [0.717, 1.165) is 41.0 Å². The molecule has 2 aromatic rings. The number of hydrogen-bond donors (Lipinski definition) is 1. The molecule has 4 nitrogen and oxygen atoms in total. The number of ether oxygens (including phenoxy) is 2. The number of piperidine rings is 1. The molecular weight excluding hydrogens is 386 g/mol. The number of halogens is 1. The molecule has 1 N–H and O–H groups in total. The quantitative estimate of drug-likeness (QED) is 0.674. The zero-order valence-electron chi connectivity index (χ0n) is 16.6. The van der Waals surface area contributed by atoms with Crippen LogP contribution in [0.2, 0.25) is 5.02 Å². The van der Waals surface area contributed by atoms with Crippen molar-refractivity contribution in [3.63, 3.8) is 0 Å². The molecule has 1 saturated heterocycles. The predicted octanol–water partition coefficient (Wildman–Crippen LogP) is 5.36. The van der Waals surface area contributed by atoms with Crippen molar-refractivity contribution in [3.05, 3.63) is 64.2 Å². The van der Waals surface area contributed by atoms with Gasteiger partial charge in [-0.3, -0.25) is 4.79 Å². The summed E-state index contributed by atoms with van der Waals surface area (Å²) in [6, 6.07) is 13.7. The molecule has 152 valence electrons. The van der Waals surface area contributed by atoms with Crippen LogP contribution in [0.15, 0.2) is 48.0 Å². The molecule has 1 atom stereocenters. The summed E-state index contributed by atoms with van der Waals surface area (Å²) in [5.74, 6) is 1.70. The lowest BCUT2D eigenvalue weighted by molar-refractivity contribution is -0.118. The van der Waals surface area contributed by atoms with Crippen LogP contribution in [0.4, 0.5) is 0 Å². The van der Waals surface area contributed by atoms with Crippen LogP contribution in [0.25, 0.3) is 6.08 Å². The van der Waals surface area contributed by atoms with E-state index in [1.54, 1.807) is 7.11 Å². The Morgan fingerprint density at radius 1 is 1.10 bits per heavy atom. The second-order valence-corrected chi connectivity index (χ2v) is 8.14. The summed E-state index contributed by atoms with van der Waals surface area (Å²) in [5, 5.41) is 3.66. The first-order valence-electron chi connectivity index (χ1n) is 10.2. The Bertz CT molecular complexity index is 918. The maximum Gasteiger partial charge on any atom is 0.247 e. The van der Waals surface area contributed by atoms with E-state index in [0.29, 0.717) is 18.0 Å². The Kier molecular flexibility index (Phi) is 6.10. The van der Waals surface area contributed by atoms with Crippen LogP contribution in [-0.4, -0.2) is 25.7 Å². The van der Waals surface area contributed by atoms with Gasteiger partial charge in [0.25, 0.3) is 0 Å². The molecule has 1 saturated carbocycles. The average Bonchev–Trinajstić information content (AvgIpc) is 3.24. The lowest BCUT2D eigenvalue weighted by atomic mass is 9.87. The molecule has 1 unspecified atom stereocenters. The van der Waals surface area contributed by atoms with Gasteiger partial charge in [0.1, 0.15) is 0 Å². The molecule has 1 heterocycles. The SMILES string of the molecule is COc1ccc(C2CNC(=O)C(=Cc3ccccc3Cl)C2)cc1OC1CCCC1. The van der Waals surface area contributed by atoms with Gasteiger partial charge in [0.05, 0.1) is 13.2 Å². The molecule has 4 rings (SSSR count). The lowest BCUT2D eigenvalue weighted by Gasteiger charge is -2.26. The van der Waals surface area contributed by atoms with E-state index >= 15 is 0 Å². The van der Waals surface area contributed by atoms with Gasteiger partial charge in [0.2, 0.25) is 5.91 Å². The fourth-order valence-electron chi connectivity index (χ4n) is 4.12. The highest BCUT2D eigenvalue weighted by molar-refractivity contribution is 6.32. The van der Waals surface area contributed by atoms with Gasteiger partial charge in [-0.1, -0.05) is 35.9 Å². The Hall–Kier alpha value is -2.46. The highest BCUT2D eigenvalue weighted by Crippen LogP contribution is 2.37. The van der Waals surface area contributed by atoms with Gasteiger partial charge in [-0.15, -0.1) is 0 Å². The topological polar surface area (TPSA) is 47.6 Å². The summed E-state index contributed by atoms with van der Waals surface area (Å²) < 4.78 is 11.8. The van der Waals surface area contributed by atoms with E-state index in [1.165, 1.54) is 12.8 Å². The standard InChI is InChI=1S/C24H26ClNO3/c1-28-22-11-10-16(14-23(22)29-20-7-3-4-8-20)19-13-18(24(27)26-15-19)12-17-6-2-5-9-21(17)25/h2,5-6,9-12,14,19-20H,3-4,7-8,13,15H2,1H3,(H,26,27). The maximum absolute atomic E-state index is 12.4. The highest BCUT2D eigenvalue weighted by Gasteiger charge is 2.26. The van der Waals surface area contributed by atoms with Crippen molar-refractivity contribution < 1.29 is 14.3 Å². The Morgan fingerprint density at radius 2 is 1.90 bits per heavy atom. The van der Waals surface area contributed by atoms with Gasteiger partial charge in [0.15, 0.2) is 11.5 Å². The van der Waals surface area contributed by atoms with Gasteiger partial charge in [-0.05, 0) is 67.5 Å². The number of carbonyl (C=O) groups excluding carboxylic acids is 1. The molecule has 0 radical (unpaired) electrons. The summed E-state index contributed by atoms with van der Waals surface area (Å²) in [6.07, 6.45) is 7.45. The first-order valence-corrected chi connectivity index (χ1v) is 10.6. The number of benzene rings is 2. The molecule has 1 aliphatic heterocycles. The van der Waals surface area contributed by atoms with Crippen LogP contribution in [0.5, 0.6) is 11.5 Å². The zero-order valence-corrected chi connectivity index (χ0v) is 17.4. The van der Waals surface area contributed by atoms with E-state index in [-0.39, 0.29) is 17.9 Å². The molecule has 0 spiro atoms. The average molecular weight is 412 g/mol. The second-order valence-electron chi connectivity index (χ2n) is 7.74. The fourth-order valence-corrected chi connectivity index (χ4v) is 4.32. The van der Waals surface area contributed by atoms with Crippen LogP contribution in [0.3, 0.4) is 0 Å². The Balaban J connectivity index is 1.57. The van der Waals surface area contributed by atoms with Gasteiger partial charge in [0, 0.05) is 23.1 Å². The Labute approximate surface area is 176 Å². The molecule has 0 aromatic heterocycles. The smallest absolute Gasteiger partial charge is 0.247 e. The van der Waals surface area contributed by atoms with Crippen molar-refractivity contribution in [2.24, 2.45) is 0 Å². The van der Waals surface area contributed by atoms with Crippen molar-refractivity contribution in [1.82, 2.24) is 5.32 Å². The van der Waals surface area contributed by atoms with Crippen LogP contribution in [0, 0.1) is 0 Å². The second kappa shape index (κ2) is 8.91. The van der Waals surface area contributed by atoms with Crippen LogP contribution in [0.1, 0.15) is 49.1 Å². The molecule has 2 fully saturated rings. The predicted molar refractivity (Wildman–Crippen MR) is 116 cm³/mol. The van der Waals surface area contributed by atoms with Gasteiger partial charge in [-0.2, -0.15) is 0 Å². The summed E-state index contributed by atoms with van der Waals surface area (Å²) in [4.78, 5) is 12.4. The molecule has 5 heteroatoms. The van der Waals surface area contributed by atoms with Crippen molar-refractivity contribution in [2.45, 2.75) is 44.1 Å². The molecule has 1 aliphatic carbocycles. The number of rotatable bonds is 5. The van der Waals surface area contributed by atoms with Gasteiger partial charge < -0.3 is 14.8 Å². The normalized spacial score (nSPS) is 21.2. The summed E-state index contributed by atoms with van der Waals surface area (Å²) >= 11 is 6.27. The maximum atomic E-state index is 12.4. The minimum Gasteiger partial charge on any atom is -0.493 e. The van der Waals surface area contributed by atoms with Gasteiger partial charge >= 0.3 is 0 Å². The van der Waals surface area contributed by atoms with Crippen LogP contribution in [-0.2, 0) is 4.79 Å². The molecule has 1 amide bonds. The molecule has 2 aromatic carbocycles. The summed E-state index contributed by atoms with van der Waals surface area (Å²) in [7, 11) is 1.67. The number of methoxy groups -OCH3 is 1. The Morgan fingerprint density at radius 3 is 2.66 bits per heavy atom. The minimum atomic E-state index is -0.0305. The monoisotopic (exact) mass is 411 g/mol. The zero-order chi connectivity index (χ0) is 20.2. The third-order valence-corrected chi connectivity index (χ3v) is 6.10. The van der Waals surface area contributed by atoms with Crippen LogP contribution >= 0.6 is 11.6 Å².